The van der Waals surface area contributed by atoms with E-state index >= 15 is 0 Å². The molecule has 90 valence electrons. The zero-order chi connectivity index (χ0) is 11.8. The van der Waals surface area contributed by atoms with E-state index in [9.17, 15) is 4.79 Å². The van der Waals surface area contributed by atoms with Crippen LogP contribution in [-0.4, -0.2) is 23.7 Å². The van der Waals surface area contributed by atoms with Crippen molar-refractivity contribution in [2.75, 3.05) is 6.54 Å². The van der Waals surface area contributed by atoms with E-state index in [1.807, 2.05) is 0 Å². The average molecular weight is 225 g/mol. The average Bonchev–Trinajstić information content (AvgIpc) is 2.74. The number of nitrogens with zero attached hydrogens (tertiary/aromatic N) is 1. The van der Waals surface area contributed by atoms with Crippen LogP contribution in [0.1, 0.15) is 32.4 Å². The Morgan fingerprint density at radius 1 is 1.56 bits per heavy atom. The molecule has 0 aliphatic rings. The van der Waals surface area contributed by atoms with Crippen LogP contribution in [0, 0.1) is 0 Å². The van der Waals surface area contributed by atoms with Crippen LogP contribution in [0.25, 0.3) is 0 Å². The van der Waals surface area contributed by atoms with E-state index in [1.165, 1.54) is 6.26 Å². The summed E-state index contributed by atoms with van der Waals surface area (Å²) in [4.78, 5) is 11.4. The number of carbonyl (C=O) groups is 1. The molecule has 0 bridgehead atoms. The summed E-state index contributed by atoms with van der Waals surface area (Å²) in [5, 5.41) is 9.75. The predicted octanol–water partition coefficient (Wildman–Crippen LogP) is 1.07. The molecule has 1 aromatic rings. The van der Waals surface area contributed by atoms with Crippen molar-refractivity contribution in [3.8, 4) is 0 Å². The Kier molecular flexibility index (Phi) is 5.56. The molecule has 5 nitrogen and oxygen atoms in total. The number of hydrogen-bond acceptors (Lipinski definition) is 4. The molecule has 0 unspecified atom stereocenters. The second-order valence-corrected chi connectivity index (χ2v) is 3.98. The summed E-state index contributed by atoms with van der Waals surface area (Å²) in [5.41, 5.74) is 0.744. The highest BCUT2D eigenvalue weighted by molar-refractivity contribution is 5.75. The molecule has 0 radical (unpaired) electrons. The van der Waals surface area contributed by atoms with E-state index in [0.29, 0.717) is 19.0 Å². The minimum absolute atomic E-state index is 0.0496. The van der Waals surface area contributed by atoms with Crippen LogP contribution in [-0.2, 0) is 11.3 Å². The van der Waals surface area contributed by atoms with Gasteiger partial charge in [-0.1, -0.05) is 19.0 Å². The smallest absolute Gasteiger partial charge is 0.220 e. The minimum atomic E-state index is 0.0496. The standard InChI is InChI=1S/C11H19N3O2/c1-9(2)12-6-3-4-11(15)13-8-10-5-7-16-14-10/h5,7,9,12H,3-4,6,8H2,1-2H3,(H,13,15). The highest BCUT2D eigenvalue weighted by Gasteiger charge is 2.02. The van der Waals surface area contributed by atoms with Crippen LogP contribution in [0.4, 0.5) is 0 Å². The third-order valence-electron chi connectivity index (χ3n) is 2.09. The fraction of sp³-hybridized carbons (Fsp3) is 0.636. The molecule has 0 saturated carbocycles. The molecular formula is C11H19N3O2. The summed E-state index contributed by atoms with van der Waals surface area (Å²) in [7, 11) is 0. The molecule has 0 aromatic carbocycles. The van der Waals surface area contributed by atoms with Gasteiger partial charge in [0.05, 0.1) is 6.54 Å². The molecule has 0 atom stereocenters. The van der Waals surface area contributed by atoms with Crippen LogP contribution in [0.15, 0.2) is 16.9 Å². The Labute approximate surface area is 95.6 Å². The first-order valence-electron chi connectivity index (χ1n) is 5.58. The number of aromatic nitrogens is 1. The molecule has 0 aliphatic carbocycles. The molecule has 1 amide bonds. The second kappa shape index (κ2) is 7.00. The zero-order valence-electron chi connectivity index (χ0n) is 9.82. The maximum Gasteiger partial charge on any atom is 0.220 e. The van der Waals surface area contributed by atoms with Gasteiger partial charge in [0.25, 0.3) is 0 Å². The minimum Gasteiger partial charge on any atom is -0.364 e. The number of amides is 1. The van der Waals surface area contributed by atoms with E-state index < -0.39 is 0 Å². The normalized spacial score (nSPS) is 10.7. The van der Waals surface area contributed by atoms with Crippen molar-refractivity contribution in [3.05, 3.63) is 18.0 Å². The van der Waals surface area contributed by atoms with Crippen molar-refractivity contribution in [1.29, 1.82) is 0 Å². The highest BCUT2D eigenvalue weighted by Crippen LogP contribution is 1.94. The van der Waals surface area contributed by atoms with Crippen LogP contribution in [0.3, 0.4) is 0 Å². The number of rotatable bonds is 7. The van der Waals surface area contributed by atoms with Gasteiger partial charge in [0.15, 0.2) is 0 Å². The molecule has 1 rings (SSSR count). The van der Waals surface area contributed by atoms with Gasteiger partial charge in [-0.05, 0) is 13.0 Å². The SMILES string of the molecule is CC(C)NCCCC(=O)NCc1ccon1. The van der Waals surface area contributed by atoms with E-state index in [4.69, 9.17) is 0 Å². The first-order valence-corrected chi connectivity index (χ1v) is 5.58. The lowest BCUT2D eigenvalue weighted by Gasteiger charge is -2.07. The summed E-state index contributed by atoms with van der Waals surface area (Å²) < 4.78 is 4.66. The van der Waals surface area contributed by atoms with E-state index in [1.54, 1.807) is 6.07 Å². The Morgan fingerprint density at radius 2 is 2.38 bits per heavy atom. The fourth-order valence-electron chi connectivity index (χ4n) is 1.25. The van der Waals surface area contributed by atoms with Crippen LogP contribution >= 0.6 is 0 Å². The fourth-order valence-corrected chi connectivity index (χ4v) is 1.25. The predicted molar refractivity (Wildman–Crippen MR) is 60.7 cm³/mol. The first-order chi connectivity index (χ1) is 7.68. The zero-order valence-corrected chi connectivity index (χ0v) is 9.82. The second-order valence-electron chi connectivity index (χ2n) is 3.98. The Bertz CT molecular complexity index is 296. The molecule has 0 saturated heterocycles. The molecule has 16 heavy (non-hydrogen) atoms. The topological polar surface area (TPSA) is 67.2 Å². The molecule has 5 heteroatoms. The molecule has 0 spiro atoms. The maximum atomic E-state index is 11.4. The summed E-state index contributed by atoms with van der Waals surface area (Å²) in [6, 6.07) is 2.21. The number of carbonyl (C=O) groups excluding carboxylic acids is 1. The molecule has 1 aromatic heterocycles. The molecule has 2 N–H and O–H groups in total. The molecule has 0 aliphatic heterocycles. The van der Waals surface area contributed by atoms with Gasteiger partial charge in [-0.25, -0.2) is 0 Å². The van der Waals surface area contributed by atoms with Crippen LogP contribution in [0.2, 0.25) is 0 Å². The van der Waals surface area contributed by atoms with Gasteiger partial charge in [0.2, 0.25) is 5.91 Å². The lowest BCUT2D eigenvalue weighted by molar-refractivity contribution is -0.121. The quantitative estimate of drug-likeness (QED) is 0.681. The third kappa shape index (κ3) is 5.50. The van der Waals surface area contributed by atoms with Gasteiger partial charge >= 0.3 is 0 Å². The molecule has 0 fully saturated rings. The van der Waals surface area contributed by atoms with Crippen molar-refractivity contribution < 1.29 is 9.32 Å². The van der Waals surface area contributed by atoms with Crippen molar-refractivity contribution in [2.45, 2.75) is 39.3 Å². The van der Waals surface area contributed by atoms with Crippen LogP contribution < -0.4 is 10.6 Å². The summed E-state index contributed by atoms with van der Waals surface area (Å²) in [5.74, 6) is 0.0496. The van der Waals surface area contributed by atoms with Gasteiger partial charge in [-0.15, -0.1) is 0 Å². The summed E-state index contributed by atoms with van der Waals surface area (Å²) in [6.45, 7) is 5.48. The monoisotopic (exact) mass is 225 g/mol. The van der Waals surface area contributed by atoms with E-state index in [-0.39, 0.29) is 5.91 Å². The van der Waals surface area contributed by atoms with Gasteiger partial charge in [0, 0.05) is 18.5 Å². The lowest BCUT2D eigenvalue weighted by Crippen LogP contribution is -2.27. The number of hydrogen-bond donors (Lipinski definition) is 2. The van der Waals surface area contributed by atoms with Crippen molar-refractivity contribution in [1.82, 2.24) is 15.8 Å². The van der Waals surface area contributed by atoms with Gasteiger partial charge in [-0.3, -0.25) is 4.79 Å². The van der Waals surface area contributed by atoms with E-state index in [2.05, 4.69) is 34.2 Å². The van der Waals surface area contributed by atoms with E-state index in [0.717, 1.165) is 18.7 Å². The molecular weight excluding hydrogens is 206 g/mol. The van der Waals surface area contributed by atoms with Gasteiger partial charge in [-0.2, -0.15) is 0 Å². The summed E-state index contributed by atoms with van der Waals surface area (Å²) in [6.07, 6.45) is 2.88. The largest absolute Gasteiger partial charge is 0.364 e. The lowest BCUT2D eigenvalue weighted by atomic mass is 10.2. The number of nitrogens with one attached hydrogen (secondary N) is 2. The van der Waals surface area contributed by atoms with Crippen LogP contribution in [0.5, 0.6) is 0 Å². The maximum absolute atomic E-state index is 11.4. The van der Waals surface area contributed by atoms with Crippen molar-refractivity contribution >= 4 is 5.91 Å². The molecule has 1 heterocycles. The Morgan fingerprint density at radius 3 is 3.00 bits per heavy atom. The van der Waals surface area contributed by atoms with Crippen molar-refractivity contribution in [3.63, 3.8) is 0 Å². The van der Waals surface area contributed by atoms with Gasteiger partial charge < -0.3 is 15.2 Å². The Balaban J connectivity index is 2.03. The van der Waals surface area contributed by atoms with Gasteiger partial charge in [0.1, 0.15) is 12.0 Å². The Hall–Kier alpha value is -1.36. The highest BCUT2D eigenvalue weighted by atomic mass is 16.5. The first kappa shape index (κ1) is 12.7. The third-order valence-corrected chi connectivity index (χ3v) is 2.09. The van der Waals surface area contributed by atoms with Crippen molar-refractivity contribution in [2.24, 2.45) is 0 Å². The summed E-state index contributed by atoms with van der Waals surface area (Å²) >= 11 is 0.